The van der Waals surface area contributed by atoms with E-state index < -0.39 is 0 Å². The molecule has 0 spiro atoms. The number of aromatic amines is 1. The highest BCUT2D eigenvalue weighted by Gasteiger charge is 2.13. The van der Waals surface area contributed by atoms with Gasteiger partial charge in [-0.3, -0.25) is 0 Å². The SMILES string of the molecule is CCCN(CCC)CCc1ccc(OC)c2[nH]c3ccccc3c12.Cl. The highest BCUT2D eigenvalue weighted by Crippen LogP contribution is 2.34. The number of nitrogens with one attached hydrogen (secondary N) is 1. The van der Waals surface area contributed by atoms with Gasteiger partial charge in [0.15, 0.2) is 0 Å². The molecule has 1 aromatic heterocycles. The van der Waals surface area contributed by atoms with E-state index >= 15 is 0 Å². The number of ether oxygens (including phenoxy) is 1. The van der Waals surface area contributed by atoms with E-state index in [0.29, 0.717) is 0 Å². The quantitative estimate of drug-likeness (QED) is 0.581. The van der Waals surface area contributed by atoms with Crippen molar-refractivity contribution in [2.75, 3.05) is 26.7 Å². The number of hydrogen-bond acceptors (Lipinski definition) is 2. The van der Waals surface area contributed by atoms with Gasteiger partial charge in [0, 0.05) is 22.8 Å². The molecule has 3 aromatic rings. The van der Waals surface area contributed by atoms with E-state index in [0.717, 1.165) is 24.2 Å². The average molecular weight is 361 g/mol. The molecule has 1 N–H and O–H groups in total. The molecule has 136 valence electrons. The van der Waals surface area contributed by atoms with Crippen LogP contribution in [-0.4, -0.2) is 36.6 Å². The number of rotatable bonds is 8. The number of benzene rings is 2. The number of fused-ring (bicyclic) bond motifs is 3. The number of H-pyrrole nitrogens is 1. The van der Waals surface area contributed by atoms with Crippen molar-refractivity contribution < 1.29 is 4.74 Å². The number of aromatic nitrogens is 1. The van der Waals surface area contributed by atoms with Gasteiger partial charge in [-0.05, 0) is 50.0 Å². The lowest BCUT2D eigenvalue weighted by molar-refractivity contribution is 0.278. The Morgan fingerprint density at radius 3 is 2.36 bits per heavy atom. The summed E-state index contributed by atoms with van der Waals surface area (Å²) in [7, 11) is 1.74. The van der Waals surface area contributed by atoms with Gasteiger partial charge in [0.1, 0.15) is 5.75 Å². The molecule has 25 heavy (non-hydrogen) atoms. The van der Waals surface area contributed by atoms with Crippen molar-refractivity contribution in [1.82, 2.24) is 9.88 Å². The van der Waals surface area contributed by atoms with Crippen molar-refractivity contribution in [1.29, 1.82) is 0 Å². The summed E-state index contributed by atoms with van der Waals surface area (Å²) < 4.78 is 5.57. The Kier molecular flexibility index (Phi) is 7.15. The molecule has 2 aromatic carbocycles. The van der Waals surface area contributed by atoms with Crippen LogP contribution in [0.5, 0.6) is 5.75 Å². The standard InChI is InChI=1S/C21H28N2O.ClH/c1-4-13-23(14-5-2)15-12-16-10-11-19(24-3)21-20(16)17-8-6-7-9-18(17)22-21;/h6-11,22H,4-5,12-15H2,1-3H3;1H. The van der Waals surface area contributed by atoms with Gasteiger partial charge >= 0.3 is 0 Å². The molecule has 3 rings (SSSR count). The molecule has 4 heteroatoms. The number of para-hydroxylation sites is 1. The van der Waals surface area contributed by atoms with Gasteiger partial charge < -0.3 is 14.6 Å². The van der Waals surface area contributed by atoms with E-state index in [-0.39, 0.29) is 12.4 Å². The number of hydrogen-bond donors (Lipinski definition) is 1. The zero-order valence-corrected chi connectivity index (χ0v) is 16.3. The Morgan fingerprint density at radius 1 is 0.960 bits per heavy atom. The van der Waals surface area contributed by atoms with Crippen LogP contribution in [-0.2, 0) is 6.42 Å². The fraction of sp³-hybridized carbons (Fsp3) is 0.429. The van der Waals surface area contributed by atoms with E-state index in [4.69, 9.17) is 4.74 Å². The molecule has 0 bridgehead atoms. The average Bonchev–Trinajstić information content (AvgIpc) is 2.99. The zero-order valence-electron chi connectivity index (χ0n) is 15.5. The summed E-state index contributed by atoms with van der Waals surface area (Å²) in [5, 5.41) is 2.61. The molecule has 0 radical (unpaired) electrons. The third-order valence-electron chi connectivity index (χ3n) is 4.71. The van der Waals surface area contributed by atoms with Crippen LogP contribution < -0.4 is 4.74 Å². The van der Waals surface area contributed by atoms with E-state index in [1.807, 2.05) is 0 Å². The number of halogens is 1. The molecule has 0 unspecified atom stereocenters. The molecule has 0 aliphatic rings. The highest BCUT2D eigenvalue weighted by atomic mass is 35.5. The van der Waals surface area contributed by atoms with Crippen LogP contribution in [0, 0.1) is 0 Å². The lowest BCUT2D eigenvalue weighted by Gasteiger charge is -2.21. The van der Waals surface area contributed by atoms with Crippen molar-refractivity contribution in [3.8, 4) is 5.75 Å². The predicted octanol–water partition coefficient (Wildman–Crippen LogP) is 5.42. The van der Waals surface area contributed by atoms with Crippen molar-refractivity contribution in [2.45, 2.75) is 33.1 Å². The smallest absolute Gasteiger partial charge is 0.142 e. The van der Waals surface area contributed by atoms with Crippen LogP contribution >= 0.6 is 12.4 Å². The molecule has 3 nitrogen and oxygen atoms in total. The van der Waals surface area contributed by atoms with Crippen molar-refractivity contribution in [3.63, 3.8) is 0 Å². The Labute approximate surface area is 156 Å². The van der Waals surface area contributed by atoms with Gasteiger partial charge in [-0.25, -0.2) is 0 Å². The minimum Gasteiger partial charge on any atom is -0.495 e. The Bertz CT molecular complexity index is 806. The molecular weight excluding hydrogens is 332 g/mol. The fourth-order valence-electron chi connectivity index (χ4n) is 3.63. The van der Waals surface area contributed by atoms with Gasteiger partial charge in [-0.1, -0.05) is 38.1 Å². The van der Waals surface area contributed by atoms with Gasteiger partial charge in [-0.15, -0.1) is 12.4 Å². The van der Waals surface area contributed by atoms with Gasteiger partial charge in [-0.2, -0.15) is 0 Å². The van der Waals surface area contributed by atoms with E-state index in [1.54, 1.807) is 7.11 Å². The third kappa shape index (κ3) is 4.10. The summed E-state index contributed by atoms with van der Waals surface area (Å²) in [6.07, 6.45) is 3.50. The molecule has 0 atom stereocenters. The second-order valence-electron chi connectivity index (χ2n) is 6.44. The van der Waals surface area contributed by atoms with Gasteiger partial charge in [0.2, 0.25) is 0 Å². The summed E-state index contributed by atoms with van der Waals surface area (Å²) in [6.45, 7) is 7.99. The minimum absolute atomic E-state index is 0. The number of nitrogens with zero attached hydrogens (tertiary/aromatic N) is 1. The maximum atomic E-state index is 5.57. The largest absolute Gasteiger partial charge is 0.495 e. The van der Waals surface area contributed by atoms with Crippen molar-refractivity contribution in [3.05, 3.63) is 42.0 Å². The first kappa shape index (κ1) is 19.6. The minimum atomic E-state index is 0. The third-order valence-corrected chi connectivity index (χ3v) is 4.71. The highest BCUT2D eigenvalue weighted by molar-refractivity contribution is 6.10. The summed E-state index contributed by atoms with van der Waals surface area (Å²) in [4.78, 5) is 6.11. The first-order chi connectivity index (χ1) is 11.8. The predicted molar refractivity (Wildman–Crippen MR) is 110 cm³/mol. The molecule has 0 saturated heterocycles. The molecule has 0 amide bonds. The normalized spacial score (nSPS) is 11.2. The van der Waals surface area contributed by atoms with Crippen LogP contribution in [0.4, 0.5) is 0 Å². The first-order valence-corrected chi connectivity index (χ1v) is 9.07. The van der Waals surface area contributed by atoms with E-state index in [2.05, 4.69) is 60.1 Å². The lowest BCUT2D eigenvalue weighted by atomic mass is 10.0. The maximum absolute atomic E-state index is 5.57. The number of methoxy groups -OCH3 is 1. The topological polar surface area (TPSA) is 28.3 Å². The van der Waals surface area contributed by atoms with Crippen molar-refractivity contribution in [2.24, 2.45) is 0 Å². The molecule has 0 saturated carbocycles. The second-order valence-corrected chi connectivity index (χ2v) is 6.44. The zero-order chi connectivity index (χ0) is 16.9. The molecule has 1 heterocycles. The lowest BCUT2D eigenvalue weighted by Crippen LogP contribution is -2.27. The van der Waals surface area contributed by atoms with Crippen LogP contribution in [0.2, 0.25) is 0 Å². The maximum Gasteiger partial charge on any atom is 0.142 e. The Morgan fingerprint density at radius 2 is 1.68 bits per heavy atom. The second kappa shape index (κ2) is 9.12. The van der Waals surface area contributed by atoms with Crippen LogP contribution in [0.3, 0.4) is 0 Å². The summed E-state index contributed by atoms with van der Waals surface area (Å²) in [5.41, 5.74) is 3.70. The van der Waals surface area contributed by atoms with E-state index in [1.165, 1.54) is 47.8 Å². The summed E-state index contributed by atoms with van der Waals surface area (Å²) in [6, 6.07) is 12.9. The molecule has 0 aliphatic carbocycles. The molecular formula is C21H29ClN2O. The Balaban J connectivity index is 0.00000225. The Hall–Kier alpha value is -1.71. The monoisotopic (exact) mass is 360 g/mol. The van der Waals surface area contributed by atoms with E-state index in [9.17, 15) is 0 Å². The van der Waals surface area contributed by atoms with Crippen LogP contribution in [0.15, 0.2) is 36.4 Å². The molecule has 0 aliphatic heterocycles. The summed E-state index contributed by atoms with van der Waals surface area (Å²) >= 11 is 0. The molecule has 0 fully saturated rings. The van der Waals surface area contributed by atoms with Gasteiger partial charge in [0.25, 0.3) is 0 Å². The van der Waals surface area contributed by atoms with Gasteiger partial charge in [0.05, 0.1) is 12.6 Å². The van der Waals surface area contributed by atoms with Crippen molar-refractivity contribution >= 4 is 34.2 Å². The fourth-order valence-corrected chi connectivity index (χ4v) is 3.63. The summed E-state index contributed by atoms with van der Waals surface area (Å²) in [5.74, 6) is 0.920. The van der Waals surface area contributed by atoms with Crippen LogP contribution in [0.25, 0.3) is 21.8 Å². The first-order valence-electron chi connectivity index (χ1n) is 9.07. The van der Waals surface area contributed by atoms with Crippen LogP contribution in [0.1, 0.15) is 32.3 Å².